The van der Waals surface area contributed by atoms with E-state index in [4.69, 9.17) is 4.74 Å². The smallest absolute Gasteiger partial charge is 0.261 e. The van der Waals surface area contributed by atoms with E-state index in [9.17, 15) is 4.79 Å². The molecule has 5 heteroatoms. The number of aromatic amines is 1. The van der Waals surface area contributed by atoms with E-state index in [0.717, 1.165) is 42.7 Å². The normalized spacial score (nSPS) is 17.8. The molecule has 5 nitrogen and oxygen atoms in total. The Hall–Kier alpha value is -2.30. The first kappa shape index (κ1) is 17.5. The van der Waals surface area contributed by atoms with Crippen molar-refractivity contribution in [3.05, 3.63) is 47.3 Å². The minimum absolute atomic E-state index is 0.0419. The van der Waals surface area contributed by atoms with E-state index < -0.39 is 0 Å². The summed E-state index contributed by atoms with van der Waals surface area (Å²) < 4.78 is 5.89. The van der Waals surface area contributed by atoms with Crippen LogP contribution in [0.15, 0.2) is 30.6 Å². The lowest BCUT2D eigenvalue weighted by Gasteiger charge is -2.35. The summed E-state index contributed by atoms with van der Waals surface area (Å²) in [6.07, 6.45) is 6.85. The summed E-state index contributed by atoms with van der Waals surface area (Å²) in [5, 5.41) is 6.88. The first-order valence-corrected chi connectivity index (χ1v) is 9.07. The first-order valence-electron chi connectivity index (χ1n) is 9.07. The molecule has 134 valence electrons. The van der Waals surface area contributed by atoms with Gasteiger partial charge in [-0.3, -0.25) is 9.89 Å². The van der Waals surface area contributed by atoms with Crippen molar-refractivity contribution in [1.82, 2.24) is 15.1 Å². The molecule has 1 atom stereocenters. The van der Waals surface area contributed by atoms with E-state index in [1.165, 1.54) is 5.56 Å². The van der Waals surface area contributed by atoms with Crippen molar-refractivity contribution < 1.29 is 9.53 Å². The van der Waals surface area contributed by atoms with Gasteiger partial charge in [0.15, 0.2) is 6.61 Å². The van der Waals surface area contributed by atoms with Crippen LogP contribution >= 0.6 is 0 Å². The van der Waals surface area contributed by atoms with Crippen LogP contribution in [0.25, 0.3) is 0 Å². The molecule has 0 spiro atoms. The highest BCUT2D eigenvalue weighted by Gasteiger charge is 2.28. The van der Waals surface area contributed by atoms with Crippen LogP contribution in [0.5, 0.6) is 5.75 Å². The zero-order chi connectivity index (χ0) is 17.8. The van der Waals surface area contributed by atoms with Gasteiger partial charge in [-0.15, -0.1) is 0 Å². The van der Waals surface area contributed by atoms with Crippen LogP contribution in [0, 0.1) is 6.92 Å². The largest absolute Gasteiger partial charge is 0.483 e. The number of aromatic nitrogens is 2. The lowest BCUT2D eigenvalue weighted by Crippen LogP contribution is -2.41. The van der Waals surface area contributed by atoms with Gasteiger partial charge in [-0.1, -0.05) is 26.0 Å². The summed E-state index contributed by atoms with van der Waals surface area (Å²) in [4.78, 5) is 14.7. The van der Waals surface area contributed by atoms with E-state index in [1.54, 1.807) is 0 Å². The second kappa shape index (κ2) is 7.72. The van der Waals surface area contributed by atoms with Gasteiger partial charge in [0.2, 0.25) is 0 Å². The third kappa shape index (κ3) is 4.03. The van der Waals surface area contributed by atoms with E-state index in [1.807, 2.05) is 24.2 Å². The molecule has 1 aromatic heterocycles. The van der Waals surface area contributed by atoms with Gasteiger partial charge < -0.3 is 9.64 Å². The molecule has 0 radical (unpaired) electrons. The lowest BCUT2D eigenvalue weighted by molar-refractivity contribution is -0.137. The fourth-order valence-electron chi connectivity index (χ4n) is 3.37. The number of rotatable bonds is 5. The first-order chi connectivity index (χ1) is 12.1. The molecule has 0 bridgehead atoms. The Balaban J connectivity index is 1.68. The van der Waals surface area contributed by atoms with Gasteiger partial charge in [0.1, 0.15) is 5.75 Å². The SMILES string of the molecule is Cc1ccc(C(C)C)cc1OCC(=O)N1CCCC[C@H]1c1cn[nH]c1. The van der Waals surface area contributed by atoms with Crippen LogP contribution in [0.4, 0.5) is 0 Å². The molecule has 1 fully saturated rings. The van der Waals surface area contributed by atoms with Gasteiger partial charge in [0, 0.05) is 18.3 Å². The fourth-order valence-corrected chi connectivity index (χ4v) is 3.37. The molecule has 1 N–H and O–H groups in total. The predicted octanol–water partition coefficient (Wildman–Crippen LogP) is 3.97. The van der Waals surface area contributed by atoms with Gasteiger partial charge in [-0.05, 0) is 49.3 Å². The van der Waals surface area contributed by atoms with Crippen LogP contribution in [0.2, 0.25) is 0 Å². The maximum Gasteiger partial charge on any atom is 0.261 e. The Morgan fingerprint density at radius 1 is 1.40 bits per heavy atom. The number of amides is 1. The van der Waals surface area contributed by atoms with Crippen molar-refractivity contribution in [3.63, 3.8) is 0 Å². The summed E-state index contributed by atoms with van der Waals surface area (Å²) in [5.74, 6) is 1.28. The summed E-state index contributed by atoms with van der Waals surface area (Å²) in [6, 6.07) is 6.34. The molecule has 25 heavy (non-hydrogen) atoms. The number of ether oxygens (including phenoxy) is 1. The van der Waals surface area contributed by atoms with Crippen LogP contribution in [-0.4, -0.2) is 34.2 Å². The quantitative estimate of drug-likeness (QED) is 0.895. The third-order valence-corrected chi connectivity index (χ3v) is 4.96. The molecular weight excluding hydrogens is 314 g/mol. The van der Waals surface area contributed by atoms with Crippen molar-refractivity contribution in [3.8, 4) is 5.75 Å². The average molecular weight is 341 g/mol. The van der Waals surface area contributed by atoms with Crippen molar-refractivity contribution in [1.29, 1.82) is 0 Å². The molecule has 1 aromatic carbocycles. The molecule has 1 amide bonds. The van der Waals surface area contributed by atoms with E-state index in [0.29, 0.717) is 5.92 Å². The Bertz CT molecular complexity index is 710. The Labute approximate surface area is 149 Å². The zero-order valence-electron chi connectivity index (χ0n) is 15.3. The molecule has 2 aromatic rings. The Morgan fingerprint density at radius 3 is 2.96 bits per heavy atom. The topological polar surface area (TPSA) is 58.2 Å². The Kier molecular flexibility index (Phi) is 5.41. The number of carbonyl (C=O) groups is 1. The van der Waals surface area contributed by atoms with Gasteiger partial charge in [0.25, 0.3) is 5.91 Å². The van der Waals surface area contributed by atoms with Crippen LogP contribution in [0.1, 0.15) is 61.8 Å². The van der Waals surface area contributed by atoms with Crippen molar-refractivity contribution in [2.75, 3.05) is 13.2 Å². The van der Waals surface area contributed by atoms with Crippen molar-refractivity contribution in [2.45, 2.75) is 52.0 Å². The highest BCUT2D eigenvalue weighted by molar-refractivity contribution is 5.78. The van der Waals surface area contributed by atoms with Crippen molar-refractivity contribution in [2.24, 2.45) is 0 Å². The number of carbonyl (C=O) groups excluding carboxylic acids is 1. The highest BCUT2D eigenvalue weighted by Crippen LogP contribution is 2.30. The van der Waals surface area contributed by atoms with Crippen molar-refractivity contribution >= 4 is 5.91 Å². The maximum atomic E-state index is 12.8. The number of piperidine rings is 1. The minimum Gasteiger partial charge on any atom is -0.483 e. The number of hydrogen-bond acceptors (Lipinski definition) is 3. The molecule has 3 rings (SSSR count). The maximum absolute atomic E-state index is 12.8. The molecule has 2 heterocycles. The second-order valence-electron chi connectivity index (χ2n) is 7.10. The molecule has 1 aliphatic heterocycles. The lowest BCUT2D eigenvalue weighted by atomic mass is 9.97. The highest BCUT2D eigenvalue weighted by atomic mass is 16.5. The number of nitrogens with one attached hydrogen (secondary N) is 1. The van der Waals surface area contributed by atoms with Gasteiger partial charge >= 0.3 is 0 Å². The van der Waals surface area contributed by atoms with Crippen LogP contribution in [-0.2, 0) is 4.79 Å². The minimum atomic E-state index is 0.0419. The van der Waals surface area contributed by atoms with E-state index in [-0.39, 0.29) is 18.6 Å². The summed E-state index contributed by atoms with van der Waals surface area (Å²) in [6.45, 7) is 7.19. The fraction of sp³-hybridized carbons (Fsp3) is 0.500. The molecule has 1 saturated heterocycles. The van der Waals surface area contributed by atoms with E-state index in [2.05, 4.69) is 42.2 Å². The number of nitrogens with zero attached hydrogens (tertiary/aromatic N) is 2. The van der Waals surface area contributed by atoms with Gasteiger partial charge in [-0.2, -0.15) is 5.10 Å². The van der Waals surface area contributed by atoms with Crippen LogP contribution < -0.4 is 4.74 Å². The number of aryl methyl sites for hydroxylation is 1. The average Bonchev–Trinajstić information content (AvgIpc) is 3.15. The standard InChI is InChI=1S/C20H27N3O2/c1-14(2)16-8-7-15(3)19(10-16)25-13-20(24)23-9-5-4-6-18(23)17-11-21-22-12-17/h7-8,10-12,14,18H,4-6,9,13H2,1-3H3,(H,21,22)/t18-/m0/s1. The summed E-state index contributed by atoms with van der Waals surface area (Å²) in [7, 11) is 0. The third-order valence-electron chi connectivity index (χ3n) is 4.96. The molecule has 0 saturated carbocycles. The number of H-pyrrole nitrogens is 1. The Morgan fingerprint density at radius 2 is 2.24 bits per heavy atom. The van der Waals surface area contributed by atoms with Gasteiger partial charge in [-0.25, -0.2) is 0 Å². The van der Waals surface area contributed by atoms with Gasteiger partial charge in [0.05, 0.1) is 12.2 Å². The summed E-state index contributed by atoms with van der Waals surface area (Å²) in [5.41, 5.74) is 3.36. The zero-order valence-corrected chi connectivity index (χ0v) is 15.3. The molecule has 0 unspecified atom stereocenters. The van der Waals surface area contributed by atoms with E-state index >= 15 is 0 Å². The number of hydrogen-bond donors (Lipinski definition) is 1. The monoisotopic (exact) mass is 341 g/mol. The molecule has 0 aliphatic carbocycles. The molecular formula is C20H27N3O2. The number of likely N-dealkylation sites (tertiary alicyclic amines) is 1. The summed E-state index contributed by atoms with van der Waals surface area (Å²) >= 11 is 0. The second-order valence-corrected chi connectivity index (χ2v) is 7.10. The number of benzene rings is 1. The predicted molar refractivity (Wildman–Crippen MR) is 97.7 cm³/mol. The molecule has 1 aliphatic rings. The van der Waals surface area contributed by atoms with Crippen LogP contribution in [0.3, 0.4) is 0 Å².